The van der Waals surface area contributed by atoms with Crippen molar-refractivity contribution in [3.05, 3.63) is 60.2 Å². The Bertz CT molecular complexity index is 652. The Balaban J connectivity index is 2.00. The maximum absolute atomic E-state index is 12.3. The molecule has 0 unspecified atom stereocenters. The molecule has 23 heavy (non-hydrogen) atoms. The van der Waals surface area contributed by atoms with Gasteiger partial charge < -0.3 is 14.8 Å². The number of hydrogen-bond donors (Lipinski definition) is 1. The molecular formula is C18H19NO4. The van der Waals surface area contributed by atoms with Crippen molar-refractivity contribution in [3.63, 3.8) is 0 Å². The van der Waals surface area contributed by atoms with Gasteiger partial charge in [-0.2, -0.15) is 0 Å². The normalized spacial score (nSPS) is 11.4. The number of carbonyl (C=O) groups excluding carboxylic acids is 2. The maximum atomic E-state index is 12.3. The second-order valence-electron chi connectivity index (χ2n) is 4.89. The number of rotatable bonds is 6. The second kappa shape index (κ2) is 7.98. The van der Waals surface area contributed by atoms with E-state index in [1.807, 2.05) is 25.1 Å². The first-order valence-electron chi connectivity index (χ1n) is 7.35. The van der Waals surface area contributed by atoms with E-state index in [4.69, 9.17) is 4.74 Å². The van der Waals surface area contributed by atoms with Crippen LogP contribution in [-0.2, 0) is 9.53 Å². The molecule has 5 heteroatoms. The summed E-state index contributed by atoms with van der Waals surface area (Å²) in [5.74, 6) is -0.000525. The molecule has 120 valence electrons. The number of methoxy groups -OCH3 is 1. The summed E-state index contributed by atoms with van der Waals surface area (Å²) in [6.07, 6.45) is -0.0428. The van der Waals surface area contributed by atoms with Crippen LogP contribution in [0.2, 0.25) is 0 Å². The average molecular weight is 313 g/mol. The third-order valence-electron chi connectivity index (χ3n) is 3.26. The standard InChI is InChI=1S/C18H19NO4/c1-3-16(23-15-7-5-4-6-8-15)17(20)19-14-11-9-13(10-12-14)18(21)22-2/h4-12,16H,3H2,1-2H3,(H,19,20)/t16-/m0/s1. The van der Waals surface area contributed by atoms with E-state index in [-0.39, 0.29) is 5.91 Å². The number of carbonyl (C=O) groups is 2. The molecule has 2 rings (SSSR count). The van der Waals surface area contributed by atoms with E-state index in [0.29, 0.717) is 23.4 Å². The van der Waals surface area contributed by atoms with Crippen LogP contribution in [0.1, 0.15) is 23.7 Å². The number of benzene rings is 2. The Morgan fingerprint density at radius 3 is 2.26 bits per heavy atom. The number of anilines is 1. The SMILES string of the molecule is CC[C@H](Oc1ccccc1)C(=O)Nc1ccc(C(=O)OC)cc1. The lowest BCUT2D eigenvalue weighted by Gasteiger charge is -2.17. The molecule has 2 aromatic carbocycles. The smallest absolute Gasteiger partial charge is 0.337 e. The predicted molar refractivity (Wildman–Crippen MR) is 87.6 cm³/mol. The van der Waals surface area contributed by atoms with Gasteiger partial charge in [-0.15, -0.1) is 0 Å². The van der Waals surface area contributed by atoms with Gasteiger partial charge >= 0.3 is 5.97 Å². The highest BCUT2D eigenvalue weighted by atomic mass is 16.5. The third-order valence-corrected chi connectivity index (χ3v) is 3.26. The highest BCUT2D eigenvalue weighted by Gasteiger charge is 2.18. The minimum Gasteiger partial charge on any atom is -0.481 e. The number of amides is 1. The van der Waals surface area contributed by atoms with E-state index in [0.717, 1.165) is 0 Å². The quantitative estimate of drug-likeness (QED) is 0.831. The van der Waals surface area contributed by atoms with Gasteiger partial charge in [-0.3, -0.25) is 4.79 Å². The highest BCUT2D eigenvalue weighted by molar-refractivity contribution is 5.95. The summed E-state index contributed by atoms with van der Waals surface area (Å²) >= 11 is 0. The van der Waals surface area contributed by atoms with Crippen LogP contribution in [0, 0.1) is 0 Å². The summed E-state index contributed by atoms with van der Waals surface area (Å²) in [6, 6.07) is 15.7. The van der Waals surface area contributed by atoms with Crippen molar-refractivity contribution in [2.75, 3.05) is 12.4 Å². The van der Waals surface area contributed by atoms with Crippen molar-refractivity contribution in [2.24, 2.45) is 0 Å². The van der Waals surface area contributed by atoms with Crippen LogP contribution in [0.5, 0.6) is 5.75 Å². The van der Waals surface area contributed by atoms with Gasteiger partial charge in [0.05, 0.1) is 12.7 Å². The molecule has 0 saturated heterocycles. The first kappa shape index (κ1) is 16.5. The average Bonchev–Trinajstić information content (AvgIpc) is 2.60. The molecule has 1 amide bonds. The largest absolute Gasteiger partial charge is 0.481 e. The van der Waals surface area contributed by atoms with Crippen molar-refractivity contribution in [2.45, 2.75) is 19.4 Å². The molecule has 0 radical (unpaired) electrons. The molecule has 1 atom stereocenters. The third kappa shape index (κ3) is 4.57. The summed E-state index contributed by atoms with van der Waals surface area (Å²) in [5, 5.41) is 2.78. The zero-order chi connectivity index (χ0) is 16.7. The molecule has 0 aliphatic rings. The van der Waals surface area contributed by atoms with Crippen LogP contribution in [-0.4, -0.2) is 25.1 Å². The van der Waals surface area contributed by atoms with Crippen LogP contribution < -0.4 is 10.1 Å². The minimum absolute atomic E-state index is 0.234. The van der Waals surface area contributed by atoms with Crippen molar-refractivity contribution >= 4 is 17.6 Å². The monoisotopic (exact) mass is 313 g/mol. The lowest BCUT2D eigenvalue weighted by atomic mass is 10.2. The number of esters is 1. The highest BCUT2D eigenvalue weighted by Crippen LogP contribution is 2.15. The number of nitrogens with one attached hydrogen (secondary N) is 1. The van der Waals surface area contributed by atoms with Crippen LogP contribution in [0.25, 0.3) is 0 Å². The van der Waals surface area contributed by atoms with Gasteiger partial charge in [0, 0.05) is 5.69 Å². The zero-order valence-corrected chi connectivity index (χ0v) is 13.1. The van der Waals surface area contributed by atoms with Crippen LogP contribution in [0.15, 0.2) is 54.6 Å². The van der Waals surface area contributed by atoms with E-state index in [2.05, 4.69) is 10.1 Å². The molecular weight excluding hydrogens is 294 g/mol. The Labute approximate surface area is 135 Å². The molecule has 0 aromatic heterocycles. The zero-order valence-electron chi connectivity index (χ0n) is 13.1. The van der Waals surface area contributed by atoms with Crippen molar-refractivity contribution in [1.82, 2.24) is 0 Å². The van der Waals surface area contributed by atoms with Gasteiger partial charge in [0.15, 0.2) is 6.10 Å². The van der Waals surface area contributed by atoms with Gasteiger partial charge in [-0.25, -0.2) is 4.79 Å². The molecule has 1 N–H and O–H groups in total. The lowest BCUT2D eigenvalue weighted by Crippen LogP contribution is -2.32. The summed E-state index contributed by atoms with van der Waals surface area (Å²) in [7, 11) is 1.32. The number of ether oxygens (including phenoxy) is 2. The predicted octanol–water partition coefficient (Wildman–Crippen LogP) is 3.27. The summed E-state index contributed by atoms with van der Waals surface area (Å²) in [4.78, 5) is 23.7. The molecule has 0 heterocycles. The van der Waals surface area contributed by atoms with Gasteiger partial charge in [0.25, 0.3) is 5.91 Å². The Kier molecular flexibility index (Phi) is 5.74. The molecule has 0 fully saturated rings. The summed E-state index contributed by atoms with van der Waals surface area (Å²) < 4.78 is 10.3. The Hall–Kier alpha value is -2.82. The number of hydrogen-bond acceptors (Lipinski definition) is 4. The van der Waals surface area contributed by atoms with Crippen LogP contribution in [0.3, 0.4) is 0 Å². The van der Waals surface area contributed by atoms with E-state index >= 15 is 0 Å². The molecule has 0 aliphatic heterocycles. The molecule has 5 nitrogen and oxygen atoms in total. The number of para-hydroxylation sites is 1. The fourth-order valence-electron chi connectivity index (χ4n) is 2.02. The lowest BCUT2D eigenvalue weighted by molar-refractivity contribution is -0.122. The van der Waals surface area contributed by atoms with Crippen molar-refractivity contribution < 1.29 is 19.1 Å². The van der Waals surface area contributed by atoms with Gasteiger partial charge in [-0.1, -0.05) is 25.1 Å². The molecule has 0 aliphatic carbocycles. The topological polar surface area (TPSA) is 64.6 Å². The van der Waals surface area contributed by atoms with E-state index in [1.165, 1.54) is 7.11 Å². The maximum Gasteiger partial charge on any atom is 0.337 e. The van der Waals surface area contributed by atoms with Gasteiger partial charge in [0.1, 0.15) is 5.75 Å². The van der Waals surface area contributed by atoms with Gasteiger partial charge in [-0.05, 0) is 42.8 Å². The van der Waals surface area contributed by atoms with Crippen molar-refractivity contribution in [3.8, 4) is 5.75 Å². The first-order chi connectivity index (χ1) is 11.1. The van der Waals surface area contributed by atoms with Crippen molar-refractivity contribution in [1.29, 1.82) is 0 Å². The minimum atomic E-state index is -0.585. The fourth-order valence-corrected chi connectivity index (χ4v) is 2.02. The Morgan fingerprint density at radius 1 is 1.04 bits per heavy atom. The molecule has 0 bridgehead atoms. The second-order valence-corrected chi connectivity index (χ2v) is 4.89. The van der Waals surface area contributed by atoms with Gasteiger partial charge in [0.2, 0.25) is 0 Å². The summed E-state index contributed by atoms with van der Waals surface area (Å²) in [5.41, 5.74) is 1.02. The first-order valence-corrected chi connectivity index (χ1v) is 7.35. The molecule has 2 aromatic rings. The fraction of sp³-hybridized carbons (Fsp3) is 0.222. The van der Waals surface area contributed by atoms with Crippen LogP contribution >= 0.6 is 0 Å². The van der Waals surface area contributed by atoms with E-state index in [9.17, 15) is 9.59 Å². The summed E-state index contributed by atoms with van der Waals surface area (Å²) in [6.45, 7) is 1.88. The van der Waals surface area contributed by atoms with E-state index in [1.54, 1.807) is 36.4 Å². The van der Waals surface area contributed by atoms with E-state index < -0.39 is 12.1 Å². The van der Waals surface area contributed by atoms with Crippen LogP contribution in [0.4, 0.5) is 5.69 Å². The Morgan fingerprint density at radius 2 is 1.70 bits per heavy atom. The molecule has 0 spiro atoms. The molecule has 0 saturated carbocycles.